The van der Waals surface area contributed by atoms with Crippen LogP contribution < -0.4 is 10.6 Å². The SMILES string of the molecule is Cn1ncnc1CNC(=O)NC1(Cc2ccccc2)CCCC1. The number of aromatic nitrogens is 3. The first-order chi connectivity index (χ1) is 11.2. The summed E-state index contributed by atoms with van der Waals surface area (Å²) in [5.41, 5.74) is 1.13. The Bertz CT molecular complexity index is 646. The predicted molar refractivity (Wildman–Crippen MR) is 87.7 cm³/mol. The maximum Gasteiger partial charge on any atom is 0.315 e. The molecule has 0 unspecified atom stereocenters. The fourth-order valence-electron chi connectivity index (χ4n) is 3.31. The summed E-state index contributed by atoms with van der Waals surface area (Å²) < 4.78 is 1.66. The molecular weight excluding hydrogens is 290 g/mol. The maximum absolute atomic E-state index is 12.3. The summed E-state index contributed by atoms with van der Waals surface area (Å²) in [4.78, 5) is 16.4. The highest BCUT2D eigenvalue weighted by molar-refractivity contribution is 5.74. The molecule has 2 amide bonds. The van der Waals surface area contributed by atoms with E-state index in [1.54, 1.807) is 4.68 Å². The third kappa shape index (κ3) is 3.88. The number of carbonyl (C=O) groups excluding carboxylic acids is 1. The zero-order valence-corrected chi connectivity index (χ0v) is 13.5. The van der Waals surface area contributed by atoms with Crippen molar-refractivity contribution >= 4 is 6.03 Å². The molecule has 0 spiro atoms. The van der Waals surface area contributed by atoms with Crippen molar-refractivity contribution in [3.05, 3.63) is 48.0 Å². The number of rotatable bonds is 5. The number of nitrogens with zero attached hydrogens (tertiary/aromatic N) is 3. The highest BCUT2D eigenvalue weighted by Gasteiger charge is 2.35. The molecule has 0 atom stereocenters. The van der Waals surface area contributed by atoms with Crippen LogP contribution in [0.5, 0.6) is 0 Å². The summed E-state index contributed by atoms with van der Waals surface area (Å²) in [5, 5.41) is 10.1. The summed E-state index contributed by atoms with van der Waals surface area (Å²) in [6.45, 7) is 0.379. The predicted octanol–water partition coefficient (Wildman–Crippen LogP) is 2.17. The fraction of sp³-hybridized carbons (Fsp3) is 0.471. The van der Waals surface area contributed by atoms with E-state index in [2.05, 4.69) is 32.8 Å². The Labute approximate surface area is 136 Å². The minimum Gasteiger partial charge on any atom is -0.332 e. The average Bonchev–Trinajstić information content (AvgIpc) is 3.16. The molecule has 0 bridgehead atoms. The van der Waals surface area contributed by atoms with E-state index >= 15 is 0 Å². The van der Waals surface area contributed by atoms with E-state index < -0.39 is 0 Å². The van der Waals surface area contributed by atoms with Gasteiger partial charge in [0, 0.05) is 12.6 Å². The van der Waals surface area contributed by atoms with Crippen LogP contribution in [0.4, 0.5) is 4.79 Å². The average molecular weight is 313 g/mol. The molecule has 2 aromatic rings. The zero-order valence-electron chi connectivity index (χ0n) is 13.5. The third-order valence-electron chi connectivity index (χ3n) is 4.54. The summed E-state index contributed by atoms with van der Waals surface area (Å²) in [7, 11) is 1.82. The second-order valence-corrected chi connectivity index (χ2v) is 6.26. The number of carbonyl (C=O) groups is 1. The normalized spacial score (nSPS) is 16.2. The number of hydrogen-bond donors (Lipinski definition) is 2. The van der Waals surface area contributed by atoms with Gasteiger partial charge in [0.25, 0.3) is 0 Å². The largest absolute Gasteiger partial charge is 0.332 e. The van der Waals surface area contributed by atoms with Gasteiger partial charge in [0.1, 0.15) is 12.2 Å². The molecule has 6 nitrogen and oxygen atoms in total. The second kappa shape index (κ2) is 6.81. The fourth-order valence-corrected chi connectivity index (χ4v) is 3.31. The van der Waals surface area contributed by atoms with Crippen molar-refractivity contribution in [2.45, 2.75) is 44.2 Å². The van der Waals surface area contributed by atoms with E-state index in [1.807, 2.05) is 25.2 Å². The molecule has 0 aliphatic heterocycles. The molecule has 1 aliphatic rings. The minimum atomic E-state index is -0.134. The van der Waals surface area contributed by atoms with Crippen LogP contribution in [0.25, 0.3) is 0 Å². The Morgan fingerprint density at radius 1 is 1.26 bits per heavy atom. The number of nitrogens with one attached hydrogen (secondary N) is 2. The first-order valence-corrected chi connectivity index (χ1v) is 8.10. The first kappa shape index (κ1) is 15.5. The van der Waals surface area contributed by atoms with E-state index in [0.29, 0.717) is 6.54 Å². The molecule has 122 valence electrons. The van der Waals surface area contributed by atoms with Crippen LogP contribution in [0.15, 0.2) is 36.7 Å². The zero-order chi connectivity index (χ0) is 16.1. The lowest BCUT2D eigenvalue weighted by atomic mass is 9.89. The molecule has 1 aliphatic carbocycles. The molecule has 1 heterocycles. The van der Waals surface area contributed by atoms with Gasteiger partial charge in [-0.1, -0.05) is 43.2 Å². The Morgan fingerprint density at radius 3 is 2.65 bits per heavy atom. The number of benzene rings is 1. The van der Waals surface area contributed by atoms with Crippen molar-refractivity contribution in [2.24, 2.45) is 7.05 Å². The number of urea groups is 1. The van der Waals surface area contributed by atoms with Gasteiger partial charge < -0.3 is 10.6 Å². The van der Waals surface area contributed by atoms with E-state index in [-0.39, 0.29) is 11.6 Å². The number of hydrogen-bond acceptors (Lipinski definition) is 3. The molecule has 1 saturated carbocycles. The monoisotopic (exact) mass is 313 g/mol. The summed E-state index contributed by atoms with van der Waals surface area (Å²) in [5.74, 6) is 0.740. The van der Waals surface area contributed by atoms with Gasteiger partial charge in [-0.2, -0.15) is 5.10 Å². The van der Waals surface area contributed by atoms with Crippen molar-refractivity contribution < 1.29 is 4.79 Å². The minimum absolute atomic E-state index is 0.133. The van der Waals surface area contributed by atoms with E-state index in [1.165, 1.54) is 11.9 Å². The van der Waals surface area contributed by atoms with Gasteiger partial charge in [-0.3, -0.25) is 4.68 Å². The topological polar surface area (TPSA) is 71.8 Å². The Morgan fingerprint density at radius 2 is 2.00 bits per heavy atom. The van der Waals surface area contributed by atoms with Crippen molar-refractivity contribution in [2.75, 3.05) is 0 Å². The highest BCUT2D eigenvalue weighted by atomic mass is 16.2. The van der Waals surface area contributed by atoms with Crippen molar-refractivity contribution in [3.63, 3.8) is 0 Å². The van der Waals surface area contributed by atoms with Gasteiger partial charge in [0.15, 0.2) is 0 Å². The van der Waals surface area contributed by atoms with Crippen molar-refractivity contribution in [1.82, 2.24) is 25.4 Å². The number of aryl methyl sites for hydroxylation is 1. The van der Waals surface area contributed by atoms with Gasteiger partial charge in [-0.15, -0.1) is 0 Å². The van der Waals surface area contributed by atoms with Gasteiger partial charge in [-0.05, 0) is 24.8 Å². The molecule has 0 radical (unpaired) electrons. The molecule has 2 N–H and O–H groups in total. The standard InChI is InChI=1S/C17H23N5O/c1-22-15(19-13-20-22)12-18-16(23)21-17(9-5-6-10-17)11-14-7-3-2-4-8-14/h2-4,7-8,13H,5-6,9-12H2,1H3,(H2,18,21,23). The summed E-state index contributed by atoms with van der Waals surface area (Å²) in [6, 6.07) is 10.2. The van der Waals surface area contributed by atoms with Crippen molar-refractivity contribution in [3.8, 4) is 0 Å². The third-order valence-corrected chi connectivity index (χ3v) is 4.54. The lowest BCUT2D eigenvalue weighted by molar-refractivity contribution is 0.223. The Balaban J connectivity index is 1.60. The van der Waals surface area contributed by atoms with Crippen LogP contribution in [0.3, 0.4) is 0 Å². The molecular formula is C17H23N5O. The molecule has 6 heteroatoms. The Kier molecular flexibility index (Phi) is 4.60. The molecule has 3 rings (SSSR count). The quantitative estimate of drug-likeness (QED) is 0.888. The van der Waals surface area contributed by atoms with E-state index in [0.717, 1.165) is 37.9 Å². The lowest BCUT2D eigenvalue weighted by Crippen LogP contribution is -2.51. The lowest BCUT2D eigenvalue weighted by Gasteiger charge is -2.30. The second-order valence-electron chi connectivity index (χ2n) is 6.26. The van der Waals surface area contributed by atoms with Crippen LogP contribution in [-0.2, 0) is 20.0 Å². The molecule has 0 saturated heterocycles. The molecule has 1 aromatic heterocycles. The van der Waals surface area contributed by atoms with Crippen LogP contribution in [0.1, 0.15) is 37.1 Å². The maximum atomic E-state index is 12.3. The number of amides is 2. The van der Waals surface area contributed by atoms with Crippen LogP contribution in [-0.4, -0.2) is 26.3 Å². The summed E-state index contributed by atoms with van der Waals surface area (Å²) in [6.07, 6.45) is 6.75. The van der Waals surface area contributed by atoms with Crippen LogP contribution in [0.2, 0.25) is 0 Å². The van der Waals surface area contributed by atoms with E-state index in [9.17, 15) is 4.79 Å². The van der Waals surface area contributed by atoms with Gasteiger partial charge in [0.05, 0.1) is 6.54 Å². The molecule has 1 aromatic carbocycles. The van der Waals surface area contributed by atoms with E-state index in [4.69, 9.17) is 0 Å². The van der Waals surface area contributed by atoms with Crippen LogP contribution in [0, 0.1) is 0 Å². The first-order valence-electron chi connectivity index (χ1n) is 8.10. The van der Waals surface area contributed by atoms with Gasteiger partial charge >= 0.3 is 6.03 Å². The molecule has 23 heavy (non-hydrogen) atoms. The van der Waals surface area contributed by atoms with Crippen molar-refractivity contribution in [1.29, 1.82) is 0 Å². The summed E-state index contributed by atoms with van der Waals surface area (Å²) >= 11 is 0. The molecule has 1 fully saturated rings. The van der Waals surface area contributed by atoms with Gasteiger partial charge in [-0.25, -0.2) is 9.78 Å². The smallest absolute Gasteiger partial charge is 0.315 e. The highest BCUT2D eigenvalue weighted by Crippen LogP contribution is 2.32. The van der Waals surface area contributed by atoms with Crippen LogP contribution >= 0.6 is 0 Å². The van der Waals surface area contributed by atoms with Gasteiger partial charge in [0.2, 0.25) is 0 Å². The Hall–Kier alpha value is -2.37.